The summed E-state index contributed by atoms with van der Waals surface area (Å²) in [6, 6.07) is 8.53. The molecule has 0 bridgehead atoms. The highest BCUT2D eigenvalue weighted by atomic mass is 19.1. The van der Waals surface area contributed by atoms with Crippen molar-refractivity contribution in [2.75, 3.05) is 0 Å². The Balaban J connectivity index is 2.28. The highest BCUT2D eigenvalue weighted by Crippen LogP contribution is 2.30. The number of benzene rings is 1. The Morgan fingerprint density at radius 3 is 2.44 bits per heavy atom. The Morgan fingerprint density at radius 1 is 1.17 bits per heavy atom. The Bertz CT molecular complexity index is 525. The molecule has 0 radical (unpaired) electrons. The van der Waals surface area contributed by atoms with Gasteiger partial charge in [0.2, 0.25) is 0 Å². The zero-order valence-corrected chi connectivity index (χ0v) is 10.6. The molecule has 2 rings (SSSR count). The lowest BCUT2D eigenvalue weighted by molar-refractivity contribution is 0.587. The fourth-order valence-electron chi connectivity index (χ4n) is 2.16. The van der Waals surface area contributed by atoms with E-state index in [4.69, 9.17) is 5.73 Å². The molecule has 18 heavy (non-hydrogen) atoms. The van der Waals surface area contributed by atoms with Crippen molar-refractivity contribution < 1.29 is 4.39 Å². The number of aromatic nitrogens is 1. The fourth-order valence-corrected chi connectivity index (χ4v) is 2.16. The monoisotopic (exact) mass is 244 g/mol. The SMILES string of the molecule is Cc1cc(F)ccc1C(N)C(C)c1ccncc1. The van der Waals surface area contributed by atoms with Crippen LogP contribution in [0.4, 0.5) is 4.39 Å². The molecule has 2 unspecified atom stereocenters. The molecule has 0 fully saturated rings. The smallest absolute Gasteiger partial charge is 0.123 e. The molecule has 3 heteroatoms. The van der Waals surface area contributed by atoms with Gasteiger partial charge in [-0.15, -0.1) is 0 Å². The van der Waals surface area contributed by atoms with Crippen LogP contribution in [-0.4, -0.2) is 4.98 Å². The number of hydrogen-bond acceptors (Lipinski definition) is 2. The summed E-state index contributed by atoms with van der Waals surface area (Å²) in [6.45, 7) is 3.96. The van der Waals surface area contributed by atoms with Crippen molar-refractivity contribution in [3.63, 3.8) is 0 Å². The second kappa shape index (κ2) is 5.27. The van der Waals surface area contributed by atoms with Gasteiger partial charge in [0.1, 0.15) is 5.82 Å². The molecule has 2 atom stereocenters. The van der Waals surface area contributed by atoms with Crippen molar-refractivity contribution in [3.05, 3.63) is 65.2 Å². The van der Waals surface area contributed by atoms with Crippen LogP contribution < -0.4 is 5.73 Å². The van der Waals surface area contributed by atoms with Gasteiger partial charge in [0, 0.05) is 24.4 Å². The van der Waals surface area contributed by atoms with Gasteiger partial charge in [-0.2, -0.15) is 0 Å². The number of halogens is 1. The van der Waals surface area contributed by atoms with Gasteiger partial charge in [-0.05, 0) is 47.9 Å². The molecule has 2 N–H and O–H groups in total. The molecule has 94 valence electrons. The topological polar surface area (TPSA) is 38.9 Å². The summed E-state index contributed by atoms with van der Waals surface area (Å²) in [4.78, 5) is 4.00. The number of pyridine rings is 1. The molecule has 2 nitrogen and oxygen atoms in total. The third kappa shape index (κ3) is 2.57. The second-order valence-electron chi connectivity index (χ2n) is 4.60. The molecular formula is C15H17FN2. The highest BCUT2D eigenvalue weighted by Gasteiger charge is 2.18. The zero-order chi connectivity index (χ0) is 13.1. The van der Waals surface area contributed by atoms with Crippen LogP contribution in [0.1, 0.15) is 35.6 Å². The van der Waals surface area contributed by atoms with E-state index in [9.17, 15) is 4.39 Å². The quantitative estimate of drug-likeness (QED) is 0.899. The molecule has 0 saturated heterocycles. The van der Waals surface area contributed by atoms with E-state index in [1.807, 2.05) is 19.1 Å². The number of nitrogens with zero attached hydrogens (tertiary/aromatic N) is 1. The van der Waals surface area contributed by atoms with Crippen molar-refractivity contribution in [2.24, 2.45) is 5.73 Å². The molecule has 0 spiro atoms. The first-order valence-electron chi connectivity index (χ1n) is 6.01. The lowest BCUT2D eigenvalue weighted by Crippen LogP contribution is -2.18. The number of hydrogen-bond donors (Lipinski definition) is 1. The molecule has 0 aliphatic carbocycles. The Hall–Kier alpha value is -1.74. The summed E-state index contributed by atoms with van der Waals surface area (Å²) in [6.07, 6.45) is 3.52. The predicted octanol–water partition coefficient (Wildman–Crippen LogP) is 3.33. The summed E-state index contributed by atoms with van der Waals surface area (Å²) in [5, 5.41) is 0. The van der Waals surface area contributed by atoms with Crippen molar-refractivity contribution in [3.8, 4) is 0 Å². The molecule has 0 aliphatic heterocycles. The average Bonchev–Trinajstić information content (AvgIpc) is 2.38. The number of rotatable bonds is 3. The minimum Gasteiger partial charge on any atom is -0.323 e. The third-order valence-electron chi connectivity index (χ3n) is 3.36. The maximum Gasteiger partial charge on any atom is 0.123 e. The first kappa shape index (κ1) is 12.7. The standard InChI is InChI=1S/C15H17FN2/c1-10-9-13(16)3-4-14(10)15(17)11(2)12-5-7-18-8-6-12/h3-9,11,15H,17H2,1-2H3. The summed E-state index contributed by atoms with van der Waals surface area (Å²) in [5.74, 6) is -0.0582. The van der Waals surface area contributed by atoms with Gasteiger partial charge in [0.15, 0.2) is 0 Å². The summed E-state index contributed by atoms with van der Waals surface area (Å²) in [7, 11) is 0. The maximum absolute atomic E-state index is 13.1. The van der Waals surface area contributed by atoms with Gasteiger partial charge in [0.25, 0.3) is 0 Å². The van der Waals surface area contributed by atoms with Crippen LogP contribution in [0.3, 0.4) is 0 Å². The van der Waals surface area contributed by atoms with Crippen LogP contribution >= 0.6 is 0 Å². The van der Waals surface area contributed by atoms with E-state index in [0.717, 1.165) is 16.7 Å². The maximum atomic E-state index is 13.1. The molecule has 0 aliphatic rings. The van der Waals surface area contributed by atoms with E-state index in [-0.39, 0.29) is 17.8 Å². The van der Waals surface area contributed by atoms with Crippen LogP contribution in [0.15, 0.2) is 42.7 Å². The van der Waals surface area contributed by atoms with Crippen molar-refractivity contribution >= 4 is 0 Å². The van der Waals surface area contributed by atoms with Crippen molar-refractivity contribution in [1.82, 2.24) is 4.98 Å². The van der Waals surface area contributed by atoms with Gasteiger partial charge in [-0.3, -0.25) is 4.98 Å². The van der Waals surface area contributed by atoms with Crippen LogP contribution in [0.5, 0.6) is 0 Å². The highest BCUT2D eigenvalue weighted by molar-refractivity contribution is 5.32. The average molecular weight is 244 g/mol. The largest absolute Gasteiger partial charge is 0.323 e. The van der Waals surface area contributed by atoms with Gasteiger partial charge >= 0.3 is 0 Å². The van der Waals surface area contributed by atoms with E-state index < -0.39 is 0 Å². The molecule has 0 amide bonds. The lowest BCUT2D eigenvalue weighted by atomic mass is 9.88. The summed E-state index contributed by atoms with van der Waals surface area (Å²) >= 11 is 0. The van der Waals surface area contributed by atoms with E-state index in [2.05, 4.69) is 11.9 Å². The van der Waals surface area contributed by atoms with Crippen molar-refractivity contribution in [1.29, 1.82) is 0 Å². The number of nitrogens with two attached hydrogens (primary N) is 1. The van der Waals surface area contributed by atoms with E-state index in [1.165, 1.54) is 12.1 Å². The van der Waals surface area contributed by atoms with Crippen LogP contribution in [0, 0.1) is 12.7 Å². The number of aryl methyl sites for hydroxylation is 1. The zero-order valence-electron chi connectivity index (χ0n) is 10.6. The van der Waals surface area contributed by atoms with Gasteiger partial charge < -0.3 is 5.73 Å². The Labute approximate surface area is 107 Å². The summed E-state index contributed by atoms with van der Waals surface area (Å²) < 4.78 is 13.1. The molecular weight excluding hydrogens is 227 g/mol. The molecule has 1 aromatic carbocycles. The van der Waals surface area contributed by atoms with E-state index in [0.29, 0.717) is 0 Å². The van der Waals surface area contributed by atoms with Crippen LogP contribution in [0.25, 0.3) is 0 Å². The predicted molar refractivity (Wildman–Crippen MR) is 70.7 cm³/mol. The Kier molecular flexibility index (Phi) is 3.72. The van der Waals surface area contributed by atoms with E-state index >= 15 is 0 Å². The summed E-state index contributed by atoms with van der Waals surface area (Å²) in [5.41, 5.74) is 9.30. The third-order valence-corrected chi connectivity index (χ3v) is 3.36. The molecule has 2 aromatic rings. The minimum absolute atomic E-state index is 0.145. The van der Waals surface area contributed by atoms with Gasteiger partial charge in [0.05, 0.1) is 0 Å². The van der Waals surface area contributed by atoms with Crippen molar-refractivity contribution in [2.45, 2.75) is 25.8 Å². The molecule has 1 heterocycles. The van der Waals surface area contributed by atoms with Crippen LogP contribution in [-0.2, 0) is 0 Å². The Morgan fingerprint density at radius 2 is 1.83 bits per heavy atom. The van der Waals surface area contributed by atoms with Gasteiger partial charge in [-0.1, -0.05) is 13.0 Å². The van der Waals surface area contributed by atoms with E-state index in [1.54, 1.807) is 18.5 Å². The second-order valence-corrected chi connectivity index (χ2v) is 4.60. The molecule has 1 aromatic heterocycles. The first-order chi connectivity index (χ1) is 8.59. The van der Waals surface area contributed by atoms with Gasteiger partial charge in [-0.25, -0.2) is 4.39 Å². The minimum atomic E-state index is -0.222. The fraction of sp³-hybridized carbons (Fsp3) is 0.267. The van der Waals surface area contributed by atoms with Crippen LogP contribution in [0.2, 0.25) is 0 Å². The molecule has 0 saturated carbocycles. The first-order valence-corrected chi connectivity index (χ1v) is 6.01. The lowest BCUT2D eigenvalue weighted by Gasteiger charge is -2.22. The normalized spacial score (nSPS) is 14.2.